The van der Waals surface area contributed by atoms with Crippen LogP contribution in [0.3, 0.4) is 0 Å². The van der Waals surface area contributed by atoms with Crippen molar-refractivity contribution in [2.45, 2.75) is 26.0 Å². The van der Waals surface area contributed by atoms with Crippen LogP contribution in [0.2, 0.25) is 0 Å². The number of hydrogen-bond acceptors (Lipinski definition) is 5. The molecule has 0 amide bonds. The molecule has 2 atom stereocenters. The summed E-state index contributed by atoms with van der Waals surface area (Å²) in [4.78, 5) is 9.06. The van der Waals surface area contributed by atoms with Crippen molar-refractivity contribution < 1.29 is 9.47 Å². The van der Waals surface area contributed by atoms with Crippen LogP contribution < -0.4 is 15.4 Å². The minimum atomic E-state index is 0.164. The molecule has 29 heavy (non-hydrogen) atoms. The minimum Gasteiger partial charge on any atom is -0.496 e. The van der Waals surface area contributed by atoms with Gasteiger partial charge in [0.05, 0.1) is 25.9 Å². The second kappa shape index (κ2) is 12.0. The number of hydrogen-bond donors (Lipinski definition) is 2. The lowest BCUT2D eigenvalue weighted by molar-refractivity contribution is -0.0284. The van der Waals surface area contributed by atoms with Crippen LogP contribution in [0.25, 0.3) is 0 Å². The quantitative estimate of drug-likeness (QED) is 0.483. The number of para-hydroxylation sites is 1. The number of likely N-dealkylation sites (N-methyl/N-ethyl adjacent to an activating group) is 1. The van der Waals surface area contributed by atoms with E-state index in [4.69, 9.17) is 9.47 Å². The Balaban J connectivity index is 1.88. The predicted molar refractivity (Wildman–Crippen MR) is 120 cm³/mol. The van der Waals surface area contributed by atoms with Crippen molar-refractivity contribution in [2.24, 2.45) is 10.9 Å². The molecule has 1 aromatic carbocycles. The van der Waals surface area contributed by atoms with E-state index < -0.39 is 0 Å². The van der Waals surface area contributed by atoms with Crippen molar-refractivity contribution >= 4 is 5.96 Å². The summed E-state index contributed by atoms with van der Waals surface area (Å²) in [5.74, 6) is 2.36. The molecule has 0 radical (unpaired) electrons. The Labute approximate surface area is 176 Å². The zero-order valence-electron chi connectivity index (χ0n) is 18.9. The number of ether oxygens (including phenoxy) is 2. The Morgan fingerprint density at radius 2 is 2.07 bits per heavy atom. The van der Waals surface area contributed by atoms with E-state index in [0.29, 0.717) is 5.92 Å². The molecule has 0 saturated carbocycles. The monoisotopic (exact) mass is 405 g/mol. The van der Waals surface area contributed by atoms with Gasteiger partial charge in [-0.15, -0.1) is 0 Å². The topological polar surface area (TPSA) is 61.4 Å². The van der Waals surface area contributed by atoms with Crippen LogP contribution >= 0.6 is 0 Å². The molecule has 1 heterocycles. The number of nitrogens with one attached hydrogen (secondary N) is 2. The van der Waals surface area contributed by atoms with E-state index in [-0.39, 0.29) is 12.1 Å². The molecule has 2 unspecified atom stereocenters. The van der Waals surface area contributed by atoms with Crippen molar-refractivity contribution in [3.8, 4) is 5.75 Å². The smallest absolute Gasteiger partial charge is 0.191 e. The highest BCUT2D eigenvalue weighted by atomic mass is 16.5. The van der Waals surface area contributed by atoms with Gasteiger partial charge in [0.2, 0.25) is 0 Å². The first kappa shape index (κ1) is 23.4. The molecule has 0 spiro atoms. The molecule has 1 aliphatic heterocycles. The zero-order valence-corrected chi connectivity index (χ0v) is 18.9. The maximum absolute atomic E-state index is 5.94. The number of aliphatic imine (C=N–C) groups is 1. The second-order valence-corrected chi connectivity index (χ2v) is 8.20. The van der Waals surface area contributed by atoms with Crippen molar-refractivity contribution in [1.82, 2.24) is 20.4 Å². The molecular weight excluding hydrogens is 366 g/mol. The van der Waals surface area contributed by atoms with E-state index in [1.165, 1.54) is 0 Å². The lowest BCUT2D eigenvalue weighted by Crippen LogP contribution is -2.50. The zero-order chi connectivity index (χ0) is 21.2. The molecule has 7 nitrogen and oxygen atoms in total. The van der Waals surface area contributed by atoms with Gasteiger partial charge < -0.3 is 25.0 Å². The first-order chi connectivity index (χ1) is 13.9. The maximum Gasteiger partial charge on any atom is 0.191 e. The lowest BCUT2D eigenvalue weighted by Gasteiger charge is -2.34. The molecule has 1 aromatic rings. The van der Waals surface area contributed by atoms with E-state index in [1.54, 1.807) is 14.2 Å². The fraction of sp³-hybridized carbons (Fsp3) is 0.682. The van der Waals surface area contributed by atoms with Gasteiger partial charge in [0.15, 0.2) is 5.96 Å². The summed E-state index contributed by atoms with van der Waals surface area (Å²) in [6, 6.07) is 8.32. The first-order valence-corrected chi connectivity index (χ1v) is 10.5. The highest BCUT2D eigenvalue weighted by Crippen LogP contribution is 2.27. The average molecular weight is 406 g/mol. The highest BCUT2D eigenvalue weighted by molar-refractivity contribution is 5.79. The van der Waals surface area contributed by atoms with Crippen LogP contribution in [0.4, 0.5) is 0 Å². The molecule has 164 valence electrons. The third kappa shape index (κ3) is 7.49. The van der Waals surface area contributed by atoms with Gasteiger partial charge in [-0.2, -0.15) is 0 Å². The molecule has 7 heteroatoms. The number of guanidine groups is 1. The highest BCUT2D eigenvalue weighted by Gasteiger charge is 2.22. The molecule has 1 aliphatic rings. The molecule has 0 aliphatic carbocycles. The molecule has 0 aromatic heterocycles. The second-order valence-electron chi connectivity index (χ2n) is 8.20. The van der Waals surface area contributed by atoms with Gasteiger partial charge in [0.25, 0.3) is 0 Å². The van der Waals surface area contributed by atoms with Gasteiger partial charge in [-0.1, -0.05) is 32.0 Å². The standard InChI is InChI=1S/C22H39N5O2/c1-17(2)15-27-11-12-29-18(16-27)13-24-22(23-3)25-14-20(26(4)5)19-9-7-8-10-21(19)28-6/h7-10,17-18,20H,11-16H2,1-6H3,(H2,23,24,25). The first-order valence-electron chi connectivity index (χ1n) is 10.5. The third-order valence-electron chi connectivity index (χ3n) is 5.15. The lowest BCUT2D eigenvalue weighted by atomic mass is 10.0. The van der Waals surface area contributed by atoms with E-state index in [0.717, 1.165) is 56.6 Å². The van der Waals surface area contributed by atoms with Crippen LogP contribution in [0.5, 0.6) is 5.75 Å². The largest absolute Gasteiger partial charge is 0.496 e. The summed E-state index contributed by atoms with van der Waals surface area (Å²) in [5, 5.41) is 6.88. The van der Waals surface area contributed by atoms with Crippen LogP contribution in [-0.2, 0) is 4.74 Å². The van der Waals surface area contributed by atoms with Crippen LogP contribution in [0.1, 0.15) is 25.5 Å². The van der Waals surface area contributed by atoms with E-state index in [9.17, 15) is 0 Å². The third-order valence-corrected chi connectivity index (χ3v) is 5.15. The number of nitrogens with zero attached hydrogens (tertiary/aromatic N) is 3. The summed E-state index contributed by atoms with van der Waals surface area (Å²) in [6.45, 7) is 9.88. The number of rotatable bonds is 9. The molecule has 1 saturated heterocycles. The Bertz CT molecular complexity index is 635. The van der Waals surface area contributed by atoms with E-state index in [2.05, 4.69) is 59.4 Å². The number of benzene rings is 1. The molecular formula is C22H39N5O2. The predicted octanol–water partition coefficient (Wildman–Crippen LogP) is 1.82. The van der Waals surface area contributed by atoms with Crippen LogP contribution in [-0.4, -0.2) is 89.4 Å². The molecule has 2 rings (SSSR count). The Morgan fingerprint density at radius 3 is 2.72 bits per heavy atom. The SMILES string of the molecule is CN=C(NCC1CN(CC(C)C)CCO1)NCC(c1ccccc1OC)N(C)C. The number of morpholine rings is 1. The average Bonchev–Trinajstić information content (AvgIpc) is 2.70. The van der Waals surface area contributed by atoms with Crippen LogP contribution in [0, 0.1) is 5.92 Å². The van der Waals surface area contributed by atoms with E-state index in [1.807, 2.05) is 18.2 Å². The Morgan fingerprint density at radius 1 is 1.31 bits per heavy atom. The number of methoxy groups -OCH3 is 1. The Kier molecular flexibility index (Phi) is 9.70. The van der Waals surface area contributed by atoms with Gasteiger partial charge in [-0.25, -0.2) is 0 Å². The summed E-state index contributed by atoms with van der Waals surface area (Å²) in [5.41, 5.74) is 1.16. The summed E-state index contributed by atoms with van der Waals surface area (Å²) in [7, 11) is 7.67. The van der Waals surface area contributed by atoms with Gasteiger partial charge in [-0.3, -0.25) is 9.89 Å². The van der Waals surface area contributed by atoms with Gasteiger partial charge >= 0.3 is 0 Å². The van der Waals surface area contributed by atoms with Crippen molar-refractivity contribution in [1.29, 1.82) is 0 Å². The molecule has 0 bridgehead atoms. The molecule has 2 N–H and O–H groups in total. The fourth-order valence-corrected chi connectivity index (χ4v) is 3.72. The fourth-order valence-electron chi connectivity index (χ4n) is 3.72. The molecule has 1 fully saturated rings. The minimum absolute atomic E-state index is 0.164. The van der Waals surface area contributed by atoms with Crippen LogP contribution in [0.15, 0.2) is 29.3 Å². The van der Waals surface area contributed by atoms with Gasteiger partial charge in [0, 0.05) is 45.3 Å². The maximum atomic E-state index is 5.94. The van der Waals surface area contributed by atoms with Gasteiger partial charge in [-0.05, 0) is 26.1 Å². The summed E-state index contributed by atoms with van der Waals surface area (Å²) in [6.07, 6.45) is 0.180. The summed E-state index contributed by atoms with van der Waals surface area (Å²) >= 11 is 0. The summed E-state index contributed by atoms with van der Waals surface area (Å²) < 4.78 is 11.5. The normalized spacial score (nSPS) is 19.4. The van der Waals surface area contributed by atoms with Crippen molar-refractivity contribution in [3.05, 3.63) is 29.8 Å². The van der Waals surface area contributed by atoms with E-state index >= 15 is 0 Å². The van der Waals surface area contributed by atoms with Crippen molar-refractivity contribution in [2.75, 3.05) is 67.6 Å². The Hall–Kier alpha value is -1.83. The van der Waals surface area contributed by atoms with Gasteiger partial charge in [0.1, 0.15) is 5.75 Å². The van der Waals surface area contributed by atoms with Crippen molar-refractivity contribution in [3.63, 3.8) is 0 Å².